The minimum absolute atomic E-state index is 0.0194. The van der Waals surface area contributed by atoms with E-state index in [1.54, 1.807) is 17.1 Å². The van der Waals surface area contributed by atoms with Crippen molar-refractivity contribution in [1.82, 2.24) is 15.1 Å². The van der Waals surface area contributed by atoms with E-state index in [1.165, 1.54) is 0 Å². The molecule has 1 aromatic heterocycles. The van der Waals surface area contributed by atoms with Crippen LogP contribution >= 0.6 is 0 Å². The second-order valence-electron chi connectivity index (χ2n) is 7.33. The third kappa shape index (κ3) is 3.64. The monoisotopic (exact) mass is 293 g/mol. The molecule has 5 nitrogen and oxygen atoms in total. The van der Waals surface area contributed by atoms with Gasteiger partial charge in [-0.05, 0) is 37.5 Å². The first-order valence-corrected chi connectivity index (χ1v) is 7.75. The molecule has 21 heavy (non-hydrogen) atoms. The van der Waals surface area contributed by atoms with Crippen LogP contribution in [0.25, 0.3) is 0 Å². The van der Waals surface area contributed by atoms with E-state index in [4.69, 9.17) is 0 Å². The minimum atomic E-state index is -0.521. The van der Waals surface area contributed by atoms with Gasteiger partial charge in [0, 0.05) is 12.7 Å². The first-order chi connectivity index (χ1) is 9.79. The number of nitrogens with zero attached hydrogens (tertiary/aromatic N) is 2. The van der Waals surface area contributed by atoms with E-state index >= 15 is 0 Å². The summed E-state index contributed by atoms with van der Waals surface area (Å²) in [6.07, 6.45) is 6.08. The van der Waals surface area contributed by atoms with E-state index in [0.29, 0.717) is 11.5 Å². The van der Waals surface area contributed by atoms with Crippen LogP contribution in [0.2, 0.25) is 0 Å². The molecule has 5 heteroatoms. The highest BCUT2D eigenvalue weighted by Crippen LogP contribution is 2.43. The number of nitrogens with one attached hydrogen (secondary N) is 1. The summed E-state index contributed by atoms with van der Waals surface area (Å²) in [5, 5.41) is 17.1. The van der Waals surface area contributed by atoms with Crippen molar-refractivity contribution >= 4 is 5.91 Å². The molecule has 1 aliphatic carbocycles. The number of carbonyl (C=O) groups is 1. The zero-order valence-electron chi connectivity index (χ0n) is 13.5. The third-order valence-electron chi connectivity index (χ3n) is 4.36. The highest BCUT2D eigenvalue weighted by atomic mass is 16.3. The largest absolute Gasteiger partial charge is 0.394 e. The maximum atomic E-state index is 12.4. The summed E-state index contributed by atoms with van der Waals surface area (Å²) < 4.78 is 1.73. The predicted octanol–water partition coefficient (Wildman–Crippen LogP) is 2.21. The average molecular weight is 293 g/mol. The lowest BCUT2D eigenvalue weighted by Gasteiger charge is -2.47. The molecule has 0 unspecified atom stereocenters. The van der Waals surface area contributed by atoms with Gasteiger partial charge in [-0.3, -0.25) is 9.48 Å². The Morgan fingerprint density at radius 1 is 1.52 bits per heavy atom. The molecule has 0 spiro atoms. The Hall–Kier alpha value is -1.36. The fraction of sp³-hybridized carbons (Fsp3) is 0.750. The summed E-state index contributed by atoms with van der Waals surface area (Å²) in [7, 11) is 0. The highest BCUT2D eigenvalue weighted by Gasteiger charge is 2.43. The minimum Gasteiger partial charge on any atom is -0.394 e. The van der Waals surface area contributed by atoms with Crippen molar-refractivity contribution in [3.05, 3.63) is 18.0 Å². The van der Waals surface area contributed by atoms with Gasteiger partial charge in [-0.1, -0.05) is 20.8 Å². The average Bonchev–Trinajstić information content (AvgIpc) is 2.85. The van der Waals surface area contributed by atoms with E-state index < -0.39 is 5.54 Å². The van der Waals surface area contributed by atoms with Gasteiger partial charge in [-0.25, -0.2) is 0 Å². The SMILES string of the molecule is CCn1cc(C(=O)N[C@@]2(CO)C[C@@H](C)CC(C)(C)C2)cn1. The number of aliphatic hydroxyl groups excluding tert-OH is 1. The normalized spacial score (nSPS) is 28.3. The van der Waals surface area contributed by atoms with E-state index in [2.05, 4.69) is 31.2 Å². The molecule has 1 heterocycles. The maximum Gasteiger partial charge on any atom is 0.254 e. The molecule has 0 bridgehead atoms. The summed E-state index contributed by atoms with van der Waals surface area (Å²) in [5.41, 5.74) is 0.161. The van der Waals surface area contributed by atoms with E-state index in [-0.39, 0.29) is 17.9 Å². The van der Waals surface area contributed by atoms with Gasteiger partial charge in [0.2, 0.25) is 0 Å². The van der Waals surface area contributed by atoms with Crippen molar-refractivity contribution in [3.63, 3.8) is 0 Å². The lowest BCUT2D eigenvalue weighted by Crippen LogP contribution is -2.57. The topological polar surface area (TPSA) is 67.2 Å². The van der Waals surface area contributed by atoms with Crippen LogP contribution in [0.15, 0.2) is 12.4 Å². The molecule has 1 saturated carbocycles. The molecule has 0 saturated heterocycles. The molecule has 118 valence electrons. The van der Waals surface area contributed by atoms with Crippen molar-refractivity contribution in [2.24, 2.45) is 11.3 Å². The van der Waals surface area contributed by atoms with Gasteiger partial charge < -0.3 is 10.4 Å². The number of hydrogen-bond donors (Lipinski definition) is 2. The summed E-state index contributed by atoms with van der Waals surface area (Å²) in [6, 6.07) is 0. The first-order valence-electron chi connectivity index (χ1n) is 7.75. The van der Waals surface area contributed by atoms with Gasteiger partial charge in [0.15, 0.2) is 0 Å². The molecule has 1 fully saturated rings. The number of aliphatic hydroxyl groups is 1. The number of hydrogen-bond acceptors (Lipinski definition) is 3. The molecule has 2 atom stereocenters. The van der Waals surface area contributed by atoms with E-state index in [9.17, 15) is 9.90 Å². The van der Waals surface area contributed by atoms with Crippen molar-refractivity contribution in [1.29, 1.82) is 0 Å². The summed E-state index contributed by atoms with van der Waals surface area (Å²) in [6.45, 7) is 9.29. The van der Waals surface area contributed by atoms with Gasteiger partial charge in [0.1, 0.15) is 0 Å². The van der Waals surface area contributed by atoms with Crippen molar-refractivity contribution < 1.29 is 9.90 Å². The van der Waals surface area contributed by atoms with Gasteiger partial charge in [-0.15, -0.1) is 0 Å². The molecular weight excluding hydrogens is 266 g/mol. The molecule has 0 aromatic carbocycles. The van der Waals surface area contributed by atoms with Crippen molar-refractivity contribution in [2.45, 2.75) is 59.0 Å². The van der Waals surface area contributed by atoms with Crippen LogP contribution in [-0.4, -0.2) is 32.9 Å². The Morgan fingerprint density at radius 2 is 2.24 bits per heavy atom. The number of carbonyl (C=O) groups excluding carboxylic acids is 1. The van der Waals surface area contributed by atoms with Gasteiger partial charge >= 0.3 is 0 Å². The number of amides is 1. The second-order valence-corrected chi connectivity index (χ2v) is 7.33. The van der Waals surface area contributed by atoms with Gasteiger partial charge in [0.05, 0.1) is 23.9 Å². The van der Waals surface area contributed by atoms with Crippen LogP contribution in [-0.2, 0) is 6.54 Å². The van der Waals surface area contributed by atoms with E-state index in [1.807, 2.05) is 6.92 Å². The first kappa shape index (κ1) is 16.0. The number of aryl methyl sites for hydroxylation is 1. The Balaban J connectivity index is 2.15. The van der Waals surface area contributed by atoms with Crippen LogP contribution in [0, 0.1) is 11.3 Å². The molecular formula is C16H27N3O2. The molecule has 2 N–H and O–H groups in total. The zero-order valence-corrected chi connectivity index (χ0v) is 13.5. The fourth-order valence-electron chi connectivity index (χ4n) is 3.96. The number of aromatic nitrogens is 2. The molecule has 0 radical (unpaired) electrons. The number of rotatable bonds is 4. The molecule has 1 aliphatic rings. The van der Waals surface area contributed by atoms with Crippen LogP contribution < -0.4 is 5.32 Å². The van der Waals surface area contributed by atoms with Gasteiger partial charge in [0.25, 0.3) is 5.91 Å². The van der Waals surface area contributed by atoms with E-state index in [0.717, 1.165) is 25.8 Å². The summed E-state index contributed by atoms with van der Waals surface area (Å²) in [5.74, 6) is 0.341. The Labute approximate surface area is 126 Å². The van der Waals surface area contributed by atoms with Crippen molar-refractivity contribution in [2.75, 3.05) is 6.61 Å². The fourth-order valence-corrected chi connectivity index (χ4v) is 3.96. The Bertz CT molecular complexity index is 509. The molecule has 0 aliphatic heterocycles. The van der Waals surface area contributed by atoms with Crippen LogP contribution in [0.4, 0.5) is 0 Å². The zero-order chi connectivity index (χ0) is 15.7. The molecule has 1 amide bonds. The molecule has 2 rings (SSSR count). The van der Waals surface area contributed by atoms with Crippen LogP contribution in [0.3, 0.4) is 0 Å². The standard InChI is InChI=1S/C16H27N3O2/c1-5-19-9-13(8-17-19)14(21)18-16(11-20)7-12(2)6-15(3,4)10-16/h8-9,12,20H,5-7,10-11H2,1-4H3,(H,18,21)/t12-,16-/m0/s1. The van der Waals surface area contributed by atoms with Crippen LogP contribution in [0.1, 0.15) is 57.3 Å². The lowest BCUT2D eigenvalue weighted by molar-refractivity contribution is 0.0334. The smallest absolute Gasteiger partial charge is 0.254 e. The Morgan fingerprint density at radius 3 is 2.76 bits per heavy atom. The Kier molecular flexibility index (Phi) is 4.42. The lowest BCUT2D eigenvalue weighted by atomic mass is 9.64. The second kappa shape index (κ2) is 5.79. The molecule has 1 aromatic rings. The van der Waals surface area contributed by atoms with Crippen LogP contribution in [0.5, 0.6) is 0 Å². The quantitative estimate of drug-likeness (QED) is 0.894. The van der Waals surface area contributed by atoms with Crippen molar-refractivity contribution in [3.8, 4) is 0 Å². The maximum absolute atomic E-state index is 12.4. The van der Waals surface area contributed by atoms with Gasteiger partial charge in [-0.2, -0.15) is 5.10 Å². The summed E-state index contributed by atoms with van der Waals surface area (Å²) >= 11 is 0. The summed E-state index contributed by atoms with van der Waals surface area (Å²) in [4.78, 5) is 12.4. The highest BCUT2D eigenvalue weighted by molar-refractivity contribution is 5.94. The third-order valence-corrected chi connectivity index (χ3v) is 4.36. The predicted molar refractivity (Wildman–Crippen MR) is 82.0 cm³/mol.